The van der Waals surface area contributed by atoms with Crippen LogP contribution in [0.1, 0.15) is 41.3 Å². The standard InChI is InChI=1S/C16H26N4O/c1-10-8-14(13(4)21-10)11(2)17-9-15-12(3)18-20(7)16(15)19(5)6/h8,11,17H,9H2,1-7H3/t11-/m0/s1. The van der Waals surface area contributed by atoms with Gasteiger partial charge in [0.05, 0.1) is 5.69 Å². The van der Waals surface area contributed by atoms with Gasteiger partial charge >= 0.3 is 0 Å². The first kappa shape index (κ1) is 15.6. The third-order valence-corrected chi connectivity index (χ3v) is 3.87. The van der Waals surface area contributed by atoms with Crippen LogP contribution in [-0.4, -0.2) is 23.9 Å². The Hall–Kier alpha value is -1.75. The maximum absolute atomic E-state index is 5.61. The molecule has 0 fully saturated rings. The van der Waals surface area contributed by atoms with Crippen LogP contribution in [0.5, 0.6) is 0 Å². The third kappa shape index (κ3) is 3.13. The van der Waals surface area contributed by atoms with Gasteiger partial charge in [0.15, 0.2) is 0 Å². The van der Waals surface area contributed by atoms with Crippen LogP contribution in [0.15, 0.2) is 10.5 Å². The zero-order valence-corrected chi connectivity index (χ0v) is 14.1. The molecule has 0 spiro atoms. The number of aromatic nitrogens is 2. The van der Waals surface area contributed by atoms with Crippen molar-refractivity contribution in [3.05, 3.63) is 34.4 Å². The van der Waals surface area contributed by atoms with Crippen LogP contribution in [0.4, 0.5) is 5.82 Å². The van der Waals surface area contributed by atoms with Crippen molar-refractivity contribution in [3.63, 3.8) is 0 Å². The van der Waals surface area contributed by atoms with Crippen molar-refractivity contribution in [2.75, 3.05) is 19.0 Å². The molecule has 0 saturated carbocycles. The van der Waals surface area contributed by atoms with E-state index in [-0.39, 0.29) is 6.04 Å². The predicted molar refractivity (Wildman–Crippen MR) is 85.7 cm³/mol. The number of aryl methyl sites for hydroxylation is 4. The van der Waals surface area contributed by atoms with Crippen LogP contribution in [0.2, 0.25) is 0 Å². The maximum atomic E-state index is 5.61. The summed E-state index contributed by atoms with van der Waals surface area (Å²) in [4.78, 5) is 2.11. The van der Waals surface area contributed by atoms with Crippen LogP contribution in [0.25, 0.3) is 0 Å². The molecule has 116 valence electrons. The SMILES string of the molecule is Cc1cc([C@H](C)NCc2c(C)nn(C)c2N(C)C)c(C)o1. The van der Waals surface area contributed by atoms with Crippen molar-refractivity contribution >= 4 is 5.82 Å². The molecule has 5 heteroatoms. The Morgan fingerprint density at radius 3 is 2.52 bits per heavy atom. The van der Waals surface area contributed by atoms with Gasteiger partial charge in [0.2, 0.25) is 0 Å². The molecule has 0 aliphatic rings. The van der Waals surface area contributed by atoms with Crippen LogP contribution >= 0.6 is 0 Å². The number of furan rings is 1. The summed E-state index contributed by atoms with van der Waals surface area (Å²) in [6.07, 6.45) is 0. The van der Waals surface area contributed by atoms with Crippen molar-refractivity contribution in [3.8, 4) is 0 Å². The van der Waals surface area contributed by atoms with Crippen molar-refractivity contribution < 1.29 is 4.42 Å². The predicted octanol–water partition coefficient (Wildman–Crippen LogP) is 2.86. The monoisotopic (exact) mass is 290 g/mol. The molecule has 2 aromatic rings. The summed E-state index contributed by atoms with van der Waals surface area (Å²) in [5, 5.41) is 8.10. The first-order valence-electron chi connectivity index (χ1n) is 7.31. The number of hydrogen-bond donors (Lipinski definition) is 1. The largest absolute Gasteiger partial charge is 0.466 e. The summed E-state index contributed by atoms with van der Waals surface area (Å²) in [7, 11) is 6.08. The molecule has 2 rings (SSSR count). The molecule has 5 nitrogen and oxygen atoms in total. The molecule has 21 heavy (non-hydrogen) atoms. The lowest BCUT2D eigenvalue weighted by molar-refractivity contribution is 0.489. The number of nitrogens with one attached hydrogen (secondary N) is 1. The Morgan fingerprint density at radius 2 is 2.00 bits per heavy atom. The van der Waals surface area contributed by atoms with Crippen molar-refractivity contribution in [1.82, 2.24) is 15.1 Å². The van der Waals surface area contributed by atoms with E-state index in [9.17, 15) is 0 Å². The molecule has 2 aromatic heterocycles. The smallest absolute Gasteiger partial charge is 0.130 e. The molecular weight excluding hydrogens is 264 g/mol. The van der Waals surface area contributed by atoms with Gasteiger partial charge in [0.25, 0.3) is 0 Å². The second-order valence-electron chi connectivity index (χ2n) is 5.88. The van der Waals surface area contributed by atoms with E-state index in [2.05, 4.69) is 35.2 Å². The molecule has 0 unspecified atom stereocenters. The minimum atomic E-state index is 0.247. The van der Waals surface area contributed by atoms with Gasteiger partial charge in [-0.1, -0.05) is 0 Å². The van der Waals surface area contributed by atoms with E-state index >= 15 is 0 Å². The highest BCUT2D eigenvalue weighted by molar-refractivity contribution is 5.48. The van der Waals surface area contributed by atoms with E-state index in [1.165, 1.54) is 11.1 Å². The highest BCUT2D eigenvalue weighted by atomic mass is 16.3. The van der Waals surface area contributed by atoms with Gasteiger partial charge in [-0.05, 0) is 33.8 Å². The second-order valence-corrected chi connectivity index (χ2v) is 5.88. The third-order valence-electron chi connectivity index (χ3n) is 3.87. The Balaban J connectivity index is 2.15. The molecule has 1 N–H and O–H groups in total. The summed E-state index contributed by atoms with van der Waals surface area (Å²) >= 11 is 0. The average Bonchev–Trinajstić information content (AvgIpc) is 2.85. The summed E-state index contributed by atoms with van der Waals surface area (Å²) in [5.74, 6) is 3.10. The summed E-state index contributed by atoms with van der Waals surface area (Å²) in [5.41, 5.74) is 3.54. The topological polar surface area (TPSA) is 46.2 Å². The lowest BCUT2D eigenvalue weighted by atomic mass is 10.1. The van der Waals surface area contributed by atoms with Crippen molar-refractivity contribution in [1.29, 1.82) is 0 Å². The van der Waals surface area contributed by atoms with Crippen LogP contribution in [0, 0.1) is 20.8 Å². The number of anilines is 1. The van der Waals surface area contributed by atoms with E-state index in [0.29, 0.717) is 0 Å². The first-order valence-corrected chi connectivity index (χ1v) is 7.31. The Labute approximate surface area is 126 Å². The van der Waals surface area contributed by atoms with Crippen molar-refractivity contribution in [2.24, 2.45) is 7.05 Å². The van der Waals surface area contributed by atoms with Gasteiger partial charge in [-0.25, -0.2) is 0 Å². The highest BCUT2D eigenvalue weighted by Crippen LogP contribution is 2.24. The summed E-state index contributed by atoms with van der Waals surface area (Å²) < 4.78 is 7.55. The van der Waals surface area contributed by atoms with Crippen LogP contribution in [0.3, 0.4) is 0 Å². The Kier molecular flexibility index (Phi) is 4.42. The lowest BCUT2D eigenvalue weighted by Crippen LogP contribution is -2.21. The molecule has 2 heterocycles. The second kappa shape index (κ2) is 5.93. The van der Waals surface area contributed by atoms with E-state index < -0.39 is 0 Å². The lowest BCUT2D eigenvalue weighted by Gasteiger charge is -2.18. The molecule has 0 aliphatic heterocycles. The van der Waals surface area contributed by atoms with E-state index in [1.807, 2.05) is 39.7 Å². The van der Waals surface area contributed by atoms with E-state index in [1.54, 1.807) is 0 Å². The van der Waals surface area contributed by atoms with Crippen molar-refractivity contribution in [2.45, 2.75) is 40.3 Å². The highest BCUT2D eigenvalue weighted by Gasteiger charge is 2.17. The van der Waals surface area contributed by atoms with E-state index in [0.717, 1.165) is 29.6 Å². The number of hydrogen-bond acceptors (Lipinski definition) is 4. The first-order chi connectivity index (χ1) is 9.81. The molecule has 0 aliphatic carbocycles. The minimum absolute atomic E-state index is 0.247. The number of rotatable bonds is 5. The zero-order chi connectivity index (χ0) is 15.7. The fourth-order valence-electron chi connectivity index (χ4n) is 2.90. The van der Waals surface area contributed by atoms with Gasteiger partial charge in [-0.2, -0.15) is 5.10 Å². The number of nitrogens with zero attached hydrogens (tertiary/aromatic N) is 3. The van der Waals surface area contributed by atoms with Gasteiger partial charge in [-0.3, -0.25) is 4.68 Å². The molecule has 0 radical (unpaired) electrons. The Morgan fingerprint density at radius 1 is 1.33 bits per heavy atom. The van der Waals surface area contributed by atoms with Gasteiger partial charge in [0.1, 0.15) is 17.3 Å². The van der Waals surface area contributed by atoms with Gasteiger partial charge < -0.3 is 14.6 Å². The fraction of sp³-hybridized carbons (Fsp3) is 0.562. The summed E-state index contributed by atoms with van der Waals surface area (Å²) in [6, 6.07) is 2.35. The molecule has 0 amide bonds. The quantitative estimate of drug-likeness (QED) is 0.920. The molecular formula is C16H26N4O. The Bertz CT molecular complexity index is 625. The molecule has 0 saturated heterocycles. The van der Waals surface area contributed by atoms with E-state index in [4.69, 9.17) is 4.42 Å². The van der Waals surface area contributed by atoms with Crippen LogP contribution in [-0.2, 0) is 13.6 Å². The normalized spacial score (nSPS) is 12.7. The van der Waals surface area contributed by atoms with Gasteiger partial charge in [-0.15, -0.1) is 0 Å². The molecule has 1 atom stereocenters. The maximum Gasteiger partial charge on any atom is 0.130 e. The minimum Gasteiger partial charge on any atom is -0.466 e. The summed E-state index contributed by atoms with van der Waals surface area (Å²) in [6.45, 7) is 9.01. The zero-order valence-electron chi connectivity index (χ0n) is 14.1. The average molecular weight is 290 g/mol. The van der Waals surface area contributed by atoms with Crippen LogP contribution < -0.4 is 10.2 Å². The fourth-order valence-corrected chi connectivity index (χ4v) is 2.90. The van der Waals surface area contributed by atoms with Gasteiger partial charge in [0, 0.05) is 44.9 Å². The molecule has 0 bridgehead atoms. The molecule has 0 aromatic carbocycles.